The molecule has 0 bridgehead atoms. The Morgan fingerprint density at radius 3 is 2.38 bits per heavy atom. The molecule has 4 N–H and O–H groups in total. The monoisotopic (exact) mass is 305 g/mol. The molecule has 0 atom stereocenters. The van der Waals surface area contributed by atoms with Crippen LogP contribution in [0.25, 0.3) is 0 Å². The molecule has 118 valence electrons. The number of benzene rings is 1. The number of halogens is 3. The molecular weight excluding hydrogens is 287 g/mol. The number of aliphatic hydroxyl groups excluding tert-OH is 1. The standard InChI is InChI=1S/C13H18F3N3O2/c1-12(2,7-20)19(3)11(21)9-6-8(13(14,15)16)4-5-10(9)18-17/h4-6,18,20H,7,17H2,1-3H3. The molecule has 8 heteroatoms. The van der Waals surface area contributed by atoms with Crippen LogP contribution in [0.15, 0.2) is 18.2 Å². The fourth-order valence-corrected chi connectivity index (χ4v) is 1.59. The number of alkyl halides is 3. The summed E-state index contributed by atoms with van der Waals surface area (Å²) in [5.74, 6) is 4.56. The number of nitrogen functional groups attached to an aromatic ring is 1. The predicted octanol–water partition coefficient (Wildman–Crippen LogP) is 1.83. The predicted molar refractivity (Wildman–Crippen MR) is 72.5 cm³/mol. The Morgan fingerprint density at radius 1 is 1.38 bits per heavy atom. The number of hydrogen-bond donors (Lipinski definition) is 3. The van der Waals surface area contributed by atoms with E-state index in [-0.39, 0.29) is 17.9 Å². The fourth-order valence-electron chi connectivity index (χ4n) is 1.59. The van der Waals surface area contributed by atoms with Crippen LogP contribution in [0.4, 0.5) is 18.9 Å². The second kappa shape index (κ2) is 5.90. The molecule has 0 aromatic heterocycles. The lowest BCUT2D eigenvalue weighted by Crippen LogP contribution is -2.47. The van der Waals surface area contributed by atoms with E-state index in [2.05, 4.69) is 5.43 Å². The van der Waals surface area contributed by atoms with Gasteiger partial charge in [-0.05, 0) is 32.0 Å². The second-order valence-corrected chi connectivity index (χ2v) is 5.24. The maximum Gasteiger partial charge on any atom is 0.416 e. The summed E-state index contributed by atoms with van der Waals surface area (Å²) in [6.07, 6.45) is -4.56. The Bertz CT molecular complexity index is 530. The van der Waals surface area contributed by atoms with Crippen molar-refractivity contribution in [2.45, 2.75) is 25.6 Å². The Hall–Kier alpha value is -1.80. The van der Waals surface area contributed by atoms with Crippen molar-refractivity contribution >= 4 is 11.6 Å². The molecule has 0 unspecified atom stereocenters. The van der Waals surface area contributed by atoms with Gasteiger partial charge in [-0.15, -0.1) is 0 Å². The molecule has 0 spiro atoms. The second-order valence-electron chi connectivity index (χ2n) is 5.24. The van der Waals surface area contributed by atoms with Gasteiger partial charge in [0.2, 0.25) is 0 Å². The maximum atomic E-state index is 12.8. The minimum absolute atomic E-state index is 0.0774. The van der Waals surface area contributed by atoms with Gasteiger partial charge in [-0.25, -0.2) is 0 Å². The van der Waals surface area contributed by atoms with Crippen molar-refractivity contribution in [2.24, 2.45) is 5.84 Å². The van der Waals surface area contributed by atoms with E-state index in [9.17, 15) is 23.1 Å². The van der Waals surface area contributed by atoms with Gasteiger partial charge in [0.25, 0.3) is 5.91 Å². The van der Waals surface area contributed by atoms with Crippen LogP contribution in [0.5, 0.6) is 0 Å². The van der Waals surface area contributed by atoms with Gasteiger partial charge in [0.05, 0.1) is 29.0 Å². The van der Waals surface area contributed by atoms with E-state index in [0.29, 0.717) is 0 Å². The van der Waals surface area contributed by atoms with E-state index in [1.54, 1.807) is 13.8 Å². The number of likely N-dealkylation sites (N-methyl/N-ethyl adjacent to an activating group) is 1. The molecule has 0 heterocycles. The number of amides is 1. The molecule has 0 radical (unpaired) electrons. The first-order valence-electron chi connectivity index (χ1n) is 6.11. The van der Waals surface area contributed by atoms with E-state index in [1.165, 1.54) is 11.9 Å². The number of carbonyl (C=O) groups excluding carboxylic acids is 1. The average molecular weight is 305 g/mol. The molecule has 0 saturated heterocycles. The number of anilines is 1. The van der Waals surface area contributed by atoms with E-state index in [1.807, 2.05) is 0 Å². The lowest BCUT2D eigenvalue weighted by atomic mass is 10.0. The summed E-state index contributed by atoms with van der Waals surface area (Å²) in [5.41, 5.74) is 0.204. The van der Waals surface area contributed by atoms with Crippen molar-refractivity contribution in [1.82, 2.24) is 4.90 Å². The van der Waals surface area contributed by atoms with Crippen LogP contribution in [0.1, 0.15) is 29.8 Å². The van der Waals surface area contributed by atoms with E-state index in [4.69, 9.17) is 5.84 Å². The summed E-state index contributed by atoms with van der Waals surface area (Å²) < 4.78 is 38.3. The van der Waals surface area contributed by atoms with Gasteiger partial charge in [-0.2, -0.15) is 13.2 Å². The van der Waals surface area contributed by atoms with Gasteiger partial charge in [0, 0.05) is 7.05 Å². The number of nitrogens with one attached hydrogen (secondary N) is 1. The number of hydrogen-bond acceptors (Lipinski definition) is 4. The van der Waals surface area contributed by atoms with Gasteiger partial charge < -0.3 is 15.4 Å². The Kier molecular flexibility index (Phi) is 4.85. The first kappa shape index (κ1) is 17.3. The van der Waals surface area contributed by atoms with Crippen LogP contribution in [-0.2, 0) is 6.18 Å². The summed E-state index contributed by atoms with van der Waals surface area (Å²) in [4.78, 5) is 13.5. The van der Waals surface area contributed by atoms with Crippen LogP contribution in [0.3, 0.4) is 0 Å². The number of hydrazine groups is 1. The number of nitrogens with two attached hydrogens (primary N) is 1. The van der Waals surface area contributed by atoms with Crippen LogP contribution in [0.2, 0.25) is 0 Å². The molecule has 1 rings (SSSR count). The van der Waals surface area contributed by atoms with Crippen LogP contribution < -0.4 is 11.3 Å². The highest BCUT2D eigenvalue weighted by Crippen LogP contribution is 2.32. The van der Waals surface area contributed by atoms with E-state index < -0.39 is 23.2 Å². The van der Waals surface area contributed by atoms with Gasteiger partial charge in [-0.1, -0.05) is 0 Å². The molecule has 0 aliphatic carbocycles. The van der Waals surface area contributed by atoms with E-state index >= 15 is 0 Å². The molecule has 0 aliphatic heterocycles. The summed E-state index contributed by atoms with van der Waals surface area (Å²) in [6.45, 7) is 2.85. The largest absolute Gasteiger partial charge is 0.416 e. The summed E-state index contributed by atoms with van der Waals surface area (Å²) in [5, 5.41) is 9.26. The summed E-state index contributed by atoms with van der Waals surface area (Å²) in [7, 11) is 1.40. The molecule has 0 aliphatic rings. The van der Waals surface area contributed by atoms with Crippen molar-refractivity contribution in [1.29, 1.82) is 0 Å². The van der Waals surface area contributed by atoms with Crippen molar-refractivity contribution in [3.63, 3.8) is 0 Å². The summed E-state index contributed by atoms with van der Waals surface area (Å²) in [6, 6.07) is 2.67. The quantitative estimate of drug-likeness (QED) is 0.586. The maximum absolute atomic E-state index is 12.8. The number of nitrogens with zero attached hydrogens (tertiary/aromatic N) is 1. The highest BCUT2D eigenvalue weighted by molar-refractivity contribution is 6.00. The molecule has 1 aromatic carbocycles. The zero-order valence-electron chi connectivity index (χ0n) is 12.0. The topological polar surface area (TPSA) is 78.6 Å². The fraction of sp³-hybridized carbons (Fsp3) is 0.462. The lowest BCUT2D eigenvalue weighted by Gasteiger charge is -2.34. The van der Waals surface area contributed by atoms with Crippen molar-refractivity contribution in [3.05, 3.63) is 29.3 Å². The minimum Gasteiger partial charge on any atom is -0.394 e. The molecular formula is C13H18F3N3O2. The third kappa shape index (κ3) is 3.64. The zero-order valence-corrected chi connectivity index (χ0v) is 12.0. The molecule has 1 amide bonds. The average Bonchev–Trinajstić information content (AvgIpc) is 2.43. The first-order valence-corrected chi connectivity index (χ1v) is 6.11. The van der Waals surface area contributed by atoms with Gasteiger partial charge >= 0.3 is 6.18 Å². The third-order valence-corrected chi connectivity index (χ3v) is 3.33. The lowest BCUT2D eigenvalue weighted by molar-refractivity contribution is -0.137. The minimum atomic E-state index is -4.56. The molecule has 21 heavy (non-hydrogen) atoms. The van der Waals surface area contributed by atoms with Crippen LogP contribution >= 0.6 is 0 Å². The number of aliphatic hydroxyl groups is 1. The Labute approximate surface area is 120 Å². The highest BCUT2D eigenvalue weighted by atomic mass is 19.4. The summed E-state index contributed by atoms with van der Waals surface area (Å²) >= 11 is 0. The van der Waals surface area contributed by atoms with Gasteiger partial charge in [0.15, 0.2) is 0 Å². The smallest absolute Gasteiger partial charge is 0.394 e. The Morgan fingerprint density at radius 2 is 1.95 bits per heavy atom. The third-order valence-electron chi connectivity index (χ3n) is 3.33. The van der Waals surface area contributed by atoms with Crippen molar-refractivity contribution in [2.75, 3.05) is 19.1 Å². The SMILES string of the molecule is CN(C(=O)c1cc(C(F)(F)F)ccc1NN)C(C)(C)CO. The molecule has 1 aromatic rings. The number of carbonyl (C=O) groups is 1. The van der Waals surface area contributed by atoms with Crippen LogP contribution in [-0.4, -0.2) is 35.1 Å². The molecule has 0 saturated carbocycles. The normalized spacial score (nSPS) is 12.2. The van der Waals surface area contributed by atoms with Crippen LogP contribution in [0, 0.1) is 0 Å². The van der Waals surface area contributed by atoms with Gasteiger partial charge in [0.1, 0.15) is 0 Å². The molecule has 0 fully saturated rings. The van der Waals surface area contributed by atoms with E-state index in [0.717, 1.165) is 18.2 Å². The van der Waals surface area contributed by atoms with Gasteiger partial charge in [-0.3, -0.25) is 10.6 Å². The molecule has 5 nitrogen and oxygen atoms in total. The highest BCUT2D eigenvalue weighted by Gasteiger charge is 2.34. The Balaban J connectivity index is 3.30. The number of rotatable bonds is 4. The van der Waals surface area contributed by atoms with Crippen molar-refractivity contribution < 1.29 is 23.1 Å². The van der Waals surface area contributed by atoms with Crippen molar-refractivity contribution in [3.8, 4) is 0 Å². The zero-order chi connectivity index (χ0) is 16.4. The first-order chi connectivity index (χ1) is 9.54.